The predicted octanol–water partition coefficient (Wildman–Crippen LogP) is 1.94. The van der Waals surface area contributed by atoms with Crippen molar-refractivity contribution >= 4 is 0 Å². The van der Waals surface area contributed by atoms with Gasteiger partial charge < -0.3 is 5.73 Å². The Morgan fingerprint density at radius 3 is 1.89 bits per heavy atom. The van der Waals surface area contributed by atoms with Crippen molar-refractivity contribution in [3.63, 3.8) is 0 Å². The first kappa shape index (κ1) is 8.70. The second-order valence-corrected chi connectivity index (χ2v) is 3.39. The molecular formula is C8H17N. The second-order valence-electron chi connectivity index (χ2n) is 3.39. The molecule has 9 heavy (non-hydrogen) atoms. The van der Waals surface area contributed by atoms with Gasteiger partial charge in [-0.3, -0.25) is 0 Å². The van der Waals surface area contributed by atoms with Crippen LogP contribution in [0.3, 0.4) is 0 Å². The summed E-state index contributed by atoms with van der Waals surface area (Å²) >= 11 is 0. The highest BCUT2D eigenvalue weighted by Gasteiger charge is 2.20. The fourth-order valence-corrected chi connectivity index (χ4v) is 0.635. The maximum absolute atomic E-state index is 5.82. The normalized spacial score (nSPS) is 15.2. The highest BCUT2D eigenvalue weighted by molar-refractivity contribution is 5.02. The quantitative estimate of drug-likeness (QED) is 0.564. The molecule has 2 N–H and O–H groups in total. The smallest absolute Gasteiger partial charge is 0.0160 e. The van der Waals surface area contributed by atoms with Crippen molar-refractivity contribution in [3.8, 4) is 0 Å². The van der Waals surface area contributed by atoms with Crippen LogP contribution in [-0.4, -0.2) is 5.54 Å². The molecule has 0 heterocycles. The zero-order valence-corrected chi connectivity index (χ0v) is 6.86. The summed E-state index contributed by atoms with van der Waals surface area (Å²) in [5.74, 6) is 0.400. The van der Waals surface area contributed by atoms with Gasteiger partial charge in [-0.1, -0.05) is 19.1 Å². The Balaban J connectivity index is 4.04. The van der Waals surface area contributed by atoms with Crippen LogP contribution in [0, 0.1) is 5.92 Å². The van der Waals surface area contributed by atoms with E-state index in [1.165, 1.54) is 0 Å². The van der Waals surface area contributed by atoms with Crippen molar-refractivity contribution in [1.82, 2.24) is 0 Å². The Kier molecular flexibility index (Phi) is 2.44. The van der Waals surface area contributed by atoms with E-state index in [0.29, 0.717) is 5.92 Å². The Bertz CT molecular complexity index is 108. The molecule has 0 rings (SSSR count). The molecular weight excluding hydrogens is 110 g/mol. The Hall–Kier alpha value is -0.300. The average Bonchev–Trinajstić information content (AvgIpc) is 1.62. The van der Waals surface area contributed by atoms with Crippen LogP contribution in [-0.2, 0) is 0 Å². The summed E-state index contributed by atoms with van der Waals surface area (Å²) in [5.41, 5.74) is 6.85. The minimum Gasteiger partial charge on any atom is -0.325 e. The zero-order valence-electron chi connectivity index (χ0n) is 6.86. The lowest BCUT2D eigenvalue weighted by molar-refractivity contribution is 0.393. The fourth-order valence-electron chi connectivity index (χ4n) is 0.635. The lowest BCUT2D eigenvalue weighted by Gasteiger charge is -2.27. The van der Waals surface area contributed by atoms with Gasteiger partial charge in [0.25, 0.3) is 0 Å². The van der Waals surface area contributed by atoms with Crippen molar-refractivity contribution in [3.05, 3.63) is 12.2 Å². The van der Waals surface area contributed by atoms with Crippen LogP contribution in [0.25, 0.3) is 0 Å². The first-order valence-corrected chi connectivity index (χ1v) is 3.30. The second kappa shape index (κ2) is 2.53. The summed E-state index contributed by atoms with van der Waals surface area (Å²) in [5, 5.41) is 0. The summed E-state index contributed by atoms with van der Waals surface area (Å²) in [6.45, 7) is 12.0. The van der Waals surface area contributed by atoms with Gasteiger partial charge in [0.05, 0.1) is 0 Å². The molecule has 0 aliphatic carbocycles. The van der Waals surface area contributed by atoms with Gasteiger partial charge in [0.1, 0.15) is 0 Å². The summed E-state index contributed by atoms with van der Waals surface area (Å²) in [6.07, 6.45) is 0. The van der Waals surface area contributed by atoms with E-state index >= 15 is 0 Å². The molecule has 0 bridgehead atoms. The molecule has 0 unspecified atom stereocenters. The first-order valence-electron chi connectivity index (χ1n) is 3.30. The molecule has 0 fully saturated rings. The third-order valence-electron chi connectivity index (χ3n) is 1.86. The number of rotatable bonds is 2. The summed E-state index contributed by atoms with van der Waals surface area (Å²) in [6, 6.07) is 0. The van der Waals surface area contributed by atoms with Crippen molar-refractivity contribution in [2.75, 3.05) is 0 Å². The Labute approximate surface area is 57.9 Å². The van der Waals surface area contributed by atoms with E-state index in [2.05, 4.69) is 13.5 Å². The van der Waals surface area contributed by atoms with Crippen molar-refractivity contribution < 1.29 is 0 Å². The lowest BCUT2D eigenvalue weighted by atomic mass is 9.85. The summed E-state index contributed by atoms with van der Waals surface area (Å²) < 4.78 is 0. The van der Waals surface area contributed by atoms with E-state index < -0.39 is 0 Å². The van der Waals surface area contributed by atoms with Gasteiger partial charge >= 0.3 is 0 Å². The number of hydrogen-bond donors (Lipinski definition) is 1. The molecule has 0 spiro atoms. The van der Waals surface area contributed by atoms with E-state index in [1.807, 2.05) is 20.8 Å². The number of hydrogen-bond acceptors (Lipinski definition) is 1. The van der Waals surface area contributed by atoms with Crippen LogP contribution >= 0.6 is 0 Å². The van der Waals surface area contributed by atoms with Gasteiger partial charge in [-0.15, -0.1) is 0 Å². The Morgan fingerprint density at radius 2 is 1.89 bits per heavy atom. The minimum atomic E-state index is -0.119. The predicted molar refractivity (Wildman–Crippen MR) is 42.2 cm³/mol. The number of nitrogens with two attached hydrogens (primary N) is 1. The van der Waals surface area contributed by atoms with Gasteiger partial charge in [-0.05, 0) is 26.7 Å². The molecule has 0 aromatic carbocycles. The largest absolute Gasteiger partial charge is 0.325 e. The molecule has 54 valence electrons. The zero-order chi connectivity index (χ0) is 7.65. The van der Waals surface area contributed by atoms with Crippen molar-refractivity contribution in [2.45, 2.75) is 33.2 Å². The van der Waals surface area contributed by atoms with E-state index in [9.17, 15) is 0 Å². The standard InChI is InChI=1S/C8H17N/c1-6(2)7(3)8(4,5)9/h7H,1,9H2,2-5H3/t7-/m1/s1. The summed E-state index contributed by atoms with van der Waals surface area (Å²) in [4.78, 5) is 0. The molecule has 1 nitrogen and oxygen atoms in total. The molecule has 0 aliphatic rings. The molecule has 0 saturated heterocycles. The maximum atomic E-state index is 5.82. The minimum absolute atomic E-state index is 0.119. The van der Waals surface area contributed by atoms with Gasteiger partial charge in [-0.2, -0.15) is 0 Å². The fraction of sp³-hybridized carbons (Fsp3) is 0.750. The van der Waals surface area contributed by atoms with Gasteiger partial charge in [-0.25, -0.2) is 0 Å². The molecule has 0 aromatic heterocycles. The summed E-state index contributed by atoms with van der Waals surface area (Å²) in [7, 11) is 0. The molecule has 1 heteroatoms. The molecule has 0 aromatic rings. The third kappa shape index (κ3) is 2.66. The van der Waals surface area contributed by atoms with E-state index in [1.54, 1.807) is 0 Å². The molecule has 1 atom stereocenters. The lowest BCUT2D eigenvalue weighted by Crippen LogP contribution is -2.39. The van der Waals surface area contributed by atoms with E-state index in [4.69, 9.17) is 5.73 Å². The van der Waals surface area contributed by atoms with Crippen LogP contribution < -0.4 is 5.73 Å². The van der Waals surface area contributed by atoms with Crippen LogP contribution in [0.15, 0.2) is 12.2 Å². The van der Waals surface area contributed by atoms with Crippen LogP contribution in [0.2, 0.25) is 0 Å². The van der Waals surface area contributed by atoms with Gasteiger partial charge in [0.2, 0.25) is 0 Å². The van der Waals surface area contributed by atoms with Crippen LogP contribution in [0.4, 0.5) is 0 Å². The van der Waals surface area contributed by atoms with Crippen molar-refractivity contribution in [2.24, 2.45) is 11.7 Å². The Morgan fingerprint density at radius 1 is 1.56 bits per heavy atom. The maximum Gasteiger partial charge on any atom is 0.0160 e. The van der Waals surface area contributed by atoms with Gasteiger partial charge in [0, 0.05) is 5.54 Å². The molecule has 0 radical (unpaired) electrons. The van der Waals surface area contributed by atoms with E-state index in [0.717, 1.165) is 5.57 Å². The average molecular weight is 127 g/mol. The highest BCUT2D eigenvalue weighted by Crippen LogP contribution is 2.19. The highest BCUT2D eigenvalue weighted by atomic mass is 14.7. The third-order valence-corrected chi connectivity index (χ3v) is 1.86. The van der Waals surface area contributed by atoms with Crippen LogP contribution in [0.1, 0.15) is 27.7 Å². The van der Waals surface area contributed by atoms with Gasteiger partial charge in [0.15, 0.2) is 0 Å². The molecule has 0 aliphatic heterocycles. The first-order chi connectivity index (χ1) is 3.85. The topological polar surface area (TPSA) is 26.0 Å². The van der Waals surface area contributed by atoms with Crippen molar-refractivity contribution in [1.29, 1.82) is 0 Å². The van der Waals surface area contributed by atoms with Crippen LogP contribution in [0.5, 0.6) is 0 Å². The monoisotopic (exact) mass is 127 g/mol. The molecule has 0 amide bonds. The SMILES string of the molecule is C=C(C)[C@@H](C)C(C)(C)N. The molecule has 0 saturated carbocycles. The van der Waals surface area contributed by atoms with E-state index in [-0.39, 0.29) is 5.54 Å².